The Morgan fingerprint density at radius 3 is 2.94 bits per heavy atom. The maximum Gasteiger partial charge on any atom is 0.208 e. The van der Waals surface area contributed by atoms with E-state index in [0.29, 0.717) is 6.04 Å². The van der Waals surface area contributed by atoms with Crippen molar-refractivity contribution in [3.63, 3.8) is 0 Å². The van der Waals surface area contributed by atoms with Crippen molar-refractivity contribution >= 4 is 11.8 Å². The molecule has 1 unspecified atom stereocenters. The topological polar surface area (TPSA) is 62.8 Å². The van der Waals surface area contributed by atoms with Gasteiger partial charge in [0.2, 0.25) is 5.16 Å². The van der Waals surface area contributed by atoms with Gasteiger partial charge in [-0.05, 0) is 19.9 Å². The Morgan fingerprint density at radius 2 is 2.38 bits per heavy atom. The van der Waals surface area contributed by atoms with Crippen LogP contribution in [0.1, 0.15) is 19.2 Å². The van der Waals surface area contributed by atoms with Crippen molar-refractivity contribution in [2.45, 2.75) is 31.5 Å². The summed E-state index contributed by atoms with van der Waals surface area (Å²) in [5.41, 5.74) is 0. The zero-order chi connectivity index (χ0) is 11.8. The van der Waals surface area contributed by atoms with E-state index in [-0.39, 0.29) is 0 Å². The van der Waals surface area contributed by atoms with Crippen molar-refractivity contribution < 1.29 is 4.74 Å². The van der Waals surface area contributed by atoms with Gasteiger partial charge in [0.25, 0.3) is 0 Å². The van der Waals surface area contributed by atoms with Gasteiger partial charge in [-0.1, -0.05) is 18.7 Å². The fourth-order valence-electron chi connectivity index (χ4n) is 1.28. The first-order chi connectivity index (χ1) is 7.76. The monoisotopic (exact) mass is 244 g/mol. The van der Waals surface area contributed by atoms with Gasteiger partial charge in [-0.15, -0.1) is 5.10 Å². The average molecular weight is 244 g/mol. The van der Waals surface area contributed by atoms with E-state index in [0.717, 1.165) is 36.3 Å². The van der Waals surface area contributed by atoms with Crippen LogP contribution in [0.3, 0.4) is 0 Å². The van der Waals surface area contributed by atoms with E-state index in [2.05, 4.69) is 27.4 Å². The lowest BCUT2D eigenvalue weighted by Crippen LogP contribution is -2.35. The quantitative estimate of drug-likeness (QED) is 0.673. The number of ether oxygens (including phenoxy) is 1. The first-order valence-corrected chi connectivity index (χ1v) is 6.49. The molecule has 0 aliphatic rings. The Bertz CT molecular complexity index is 292. The Labute approximate surface area is 101 Å². The van der Waals surface area contributed by atoms with Crippen LogP contribution in [0.25, 0.3) is 0 Å². The summed E-state index contributed by atoms with van der Waals surface area (Å²) in [5.74, 6) is 1.78. The summed E-state index contributed by atoms with van der Waals surface area (Å²) >= 11 is 1.64. The van der Waals surface area contributed by atoms with Crippen molar-refractivity contribution in [3.05, 3.63) is 5.82 Å². The molecule has 92 valence electrons. The average Bonchev–Trinajstić information content (AvgIpc) is 2.68. The van der Waals surface area contributed by atoms with Crippen LogP contribution in [-0.4, -0.2) is 47.2 Å². The number of thioether (sulfide) groups is 1. The predicted molar refractivity (Wildman–Crippen MR) is 65.8 cm³/mol. The largest absolute Gasteiger partial charge is 0.383 e. The van der Waals surface area contributed by atoms with Gasteiger partial charge in [0.1, 0.15) is 5.82 Å². The summed E-state index contributed by atoms with van der Waals surface area (Å²) in [7, 11) is 1.72. The third kappa shape index (κ3) is 4.96. The van der Waals surface area contributed by atoms with E-state index >= 15 is 0 Å². The van der Waals surface area contributed by atoms with E-state index in [9.17, 15) is 0 Å². The van der Waals surface area contributed by atoms with Crippen LogP contribution in [0.2, 0.25) is 0 Å². The van der Waals surface area contributed by atoms with Crippen LogP contribution < -0.4 is 5.32 Å². The standard InChI is InChI=1S/C10H20N4OS/c1-4-5-11-9(6-15-3)7-16-10-12-8(2)13-14-10/h9,11H,4-7H2,1-3H3,(H,12,13,14). The number of nitrogens with one attached hydrogen (secondary N) is 2. The molecule has 0 saturated heterocycles. The fraction of sp³-hybridized carbons (Fsp3) is 0.800. The van der Waals surface area contributed by atoms with Crippen LogP contribution in [-0.2, 0) is 4.74 Å². The highest BCUT2D eigenvalue weighted by Gasteiger charge is 2.09. The molecule has 1 heterocycles. The number of aryl methyl sites for hydroxylation is 1. The molecule has 0 amide bonds. The van der Waals surface area contributed by atoms with Crippen LogP contribution >= 0.6 is 11.8 Å². The number of rotatable bonds is 8. The van der Waals surface area contributed by atoms with Gasteiger partial charge in [0.15, 0.2) is 0 Å². The molecule has 0 bridgehead atoms. The van der Waals surface area contributed by atoms with Gasteiger partial charge in [0, 0.05) is 18.9 Å². The minimum atomic E-state index is 0.355. The second-order valence-electron chi connectivity index (χ2n) is 3.62. The van der Waals surface area contributed by atoms with E-state index in [1.165, 1.54) is 0 Å². The van der Waals surface area contributed by atoms with Gasteiger partial charge >= 0.3 is 0 Å². The molecule has 1 atom stereocenters. The summed E-state index contributed by atoms with van der Waals surface area (Å²) in [6, 6.07) is 0.355. The van der Waals surface area contributed by atoms with Crippen LogP contribution in [0.15, 0.2) is 5.16 Å². The van der Waals surface area contributed by atoms with Gasteiger partial charge in [-0.2, -0.15) is 0 Å². The summed E-state index contributed by atoms with van der Waals surface area (Å²) in [5, 5.41) is 11.2. The second kappa shape index (κ2) is 7.65. The molecule has 16 heavy (non-hydrogen) atoms. The summed E-state index contributed by atoms with van der Waals surface area (Å²) in [4.78, 5) is 4.25. The molecule has 0 radical (unpaired) electrons. The van der Waals surface area contributed by atoms with E-state index in [4.69, 9.17) is 4.74 Å². The molecule has 2 N–H and O–H groups in total. The number of aromatic nitrogens is 3. The van der Waals surface area contributed by atoms with Crippen molar-refractivity contribution in [2.75, 3.05) is 26.0 Å². The van der Waals surface area contributed by atoms with Crippen molar-refractivity contribution in [3.8, 4) is 0 Å². The van der Waals surface area contributed by atoms with E-state index < -0.39 is 0 Å². The van der Waals surface area contributed by atoms with Gasteiger partial charge in [-0.3, -0.25) is 5.10 Å². The third-order valence-electron chi connectivity index (χ3n) is 2.04. The number of methoxy groups -OCH3 is 1. The molecule has 5 nitrogen and oxygen atoms in total. The summed E-state index contributed by atoms with van der Waals surface area (Å²) in [6.07, 6.45) is 1.13. The van der Waals surface area contributed by atoms with Crippen molar-refractivity contribution in [1.82, 2.24) is 20.5 Å². The maximum atomic E-state index is 5.17. The first-order valence-electron chi connectivity index (χ1n) is 5.50. The molecule has 1 aromatic heterocycles. The van der Waals surface area contributed by atoms with Crippen LogP contribution in [0, 0.1) is 6.92 Å². The molecular weight excluding hydrogens is 224 g/mol. The highest BCUT2D eigenvalue weighted by Crippen LogP contribution is 2.13. The number of nitrogens with zero attached hydrogens (tertiary/aromatic N) is 2. The molecule has 6 heteroatoms. The Hall–Kier alpha value is -0.590. The zero-order valence-corrected chi connectivity index (χ0v) is 10.9. The highest BCUT2D eigenvalue weighted by atomic mass is 32.2. The highest BCUT2D eigenvalue weighted by molar-refractivity contribution is 7.99. The Balaban J connectivity index is 2.30. The molecule has 1 aromatic rings. The van der Waals surface area contributed by atoms with Gasteiger partial charge in [0.05, 0.1) is 6.61 Å². The molecule has 0 aromatic carbocycles. The van der Waals surface area contributed by atoms with Crippen molar-refractivity contribution in [2.24, 2.45) is 0 Å². The van der Waals surface area contributed by atoms with Crippen LogP contribution in [0.4, 0.5) is 0 Å². The lowest BCUT2D eigenvalue weighted by atomic mass is 10.3. The summed E-state index contributed by atoms with van der Waals surface area (Å²) in [6.45, 7) is 5.79. The first kappa shape index (κ1) is 13.5. The molecular formula is C10H20N4OS. The Morgan fingerprint density at radius 1 is 1.56 bits per heavy atom. The lowest BCUT2D eigenvalue weighted by Gasteiger charge is -2.16. The summed E-state index contributed by atoms with van der Waals surface area (Å²) < 4.78 is 5.17. The fourth-order valence-corrected chi connectivity index (χ4v) is 2.15. The third-order valence-corrected chi connectivity index (χ3v) is 3.05. The lowest BCUT2D eigenvalue weighted by molar-refractivity contribution is 0.174. The zero-order valence-electron chi connectivity index (χ0n) is 10.1. The Kier molecular flexibility index (Phi) is 6.44. The normalized spacial score (nSPS) is 12.9. The predicted octanol–water partition coefficient (Wildman–Crippen LogP) is 1.22. The minimum absolute atomic E-state index is 0.355. The van der Waals surface area contributed by atoms with Gasteiger partial charge < -0.3 is 10.1 Å². The number of hydrogen-bond acceptors (Lipinski definition) is 5. The minimum Gasteiger partial charge on any atom is -0.383 e. The van der Waals surface area contributed by atoms with E-state index in [1.54, 1.807) is 18.9 Å². The molecule has 0 spiro atoms. The second-order valence-corrected chi connectivity index (χ2v) is 4.61. The molecule has 0 fully saturated rings. The maximum absolute atomic E-state index is 5.17. The van der Waals surface area contributed by atoms with Crippen LogP contribution in [0.5, 0.6) is 0 Å². The molecule has 0 aliphatic heterocycles. The molecule has 0 aliphatic carbocycles. The number of hydrogen-bond donors (Lipinski definition) is 2. The smallest absolute Gasteiger partial charge is 0.208 e. The van der Waals surface area contributed by atoms with E-state index in [1.807, 2.05) is 6.92 Å². The number of aromatic amines is 1. The molecule has 1 rings (SSSR count). The molecule has 0 saturated carbocycles. The van der Waals surface area contributed by atoms with Gasteiger partial charge in [-0.25, -0.2) is 4.98 Å². The van der Waals surface area contributed by atoms with Crippen molar-refractivity contribution in [1.29, 1.82) is 0 Å². The SMILES string of the molecule is CCCNC(COC)CSc1n[nH]c(C)n1. The number of H-pyrrole nitrogens is 1.